The van der Waals surface area contributed by atoms with Crippen molar-refractivity contribution in [3.63, 3.8) is 0 Å². The molecule has 0 aromatic carbocycles. The summed E-state index contributed by atoms with van der Waals surface area (Å²) in [5.74, 6) is -2.68. The van der Waals surface area contributed by atoms with Gasteiger partial charge in [0.1, 0.15) is 0 Å². The highest BCUT2D eigenvalue weighted by atomic mass is 16.6. The van der Waals surface area contributed by atoms with E-state index in [1.54, 1.807) is 0 Å². The number of carboxylic acid groups (broad SMARTS) is 2. The number of hydrogen-bond donors (Lipinski definition) is 2. The first-order chi connectivity index (χ1) is 8.39. The Morgan fingerprint density at radius 2 is 1.89 bits per heavy atom. The van der Waals surface area contributed by atoms with Gasteiger partial charge in [0, 0.05) is 0 Å². The molecule has 102 valence electrons. The molecule has 0 radical (unpaired) electrons. The van der Waals surface area contributed by atoms with Crippen molar-refractivity contribution in [2.75, 3.05) is 6.61 Å². The summed E-state index contributed by atoms with van der Waals surface area (Å²) in [6.07, 6.45) is 1.47. The lowest BCUT2D eigenvalue weighted by atomic mass is 9.55. The Hall–Kier alpha value is -1.10. The van der Waals surface area contributed by atoms with Gasteiger partial charge in [-0.05, 0) is 31.1 Å². The van der Waals surface area contributed by atoms with Crippen LogP contribution >= 0.6 is 0 Å². The van der Waals surface area contributed by atoms with Crippen LogP contribution in [0.4, 0.5) is 0 Å². The van der Waals surface area contributed by atoms with Crippen LogP contribution in [0.2, 0.25) is 0 Å². The standard InChI is InChI=1S/C13H20O5/c1-7-3-4-10(11(14)15)13(8(7)2,12(16)17)5-9-6-18-9/h7-10H,3-6H2,1-2H3,(H,14,15)(H,16,17). The Labute approximate surface area is 106 Å². The maximum atomic E-state index is 11.8. The van der Waals surface area contributed by atoms with Crippen LogP contribution in [0.3, 0.4) is 0 Å². The minimum Gasteiger partial charge on any atom is -0.481 e. The summed E-state index contributed by atoms with van der Waals surface area (Å²) < 4.78 is 5.14. The summed E-state index contributed by atoms with van der Waals surface area (Å²) in [4.78, 5) is 23.2. The fraction of sp³-hybridized carbons (Fsp3) is 0.846. The zero-order valence-corrected chi connectivity index (χ0v) is 10.8. The number of carbonyl (C=O) groups is 2. The molecule has 0 aromatic rings. The zero-order valence-electron chi connectivity index (χ0n) is 10.8. The lowest BCUT2D eigenvalue weighted by molar-refractivity contribution is -0.175. The van der Waals surface area contributed by atoms with E-state index in [1.165, 1.54) is 0 Å². The maximum Gasteiger partial charge on any atom is 0.310 e. The second-order valence-electron chi connectivity index (χ2n) is 5.74. The number of carboxylic acids is 2. The van der Waals surface area contributed by atoms with Gasteiger partial charge < -0.3 is 14.9 Å². The van der Waals surface area contributed by atoms with E-state index in [1.807, 2.05) is 13.8 Å². The molecule has 5 atom stereocenters. The molecule has 0 amide bonds. The lowest BCUT2D eigenvalue weighted by Crippen LogP contribution is -2.52. The third kappa shape index (κ3) is 2.00. The smallest absolute Gasteiger partial charge is 0.310 e. The van der Waals surface area contributed by atoms with Crippen LogP contribution < -0.4 is 0 Å². The van der Waals surface area contributed by atoms with Gasteiger partial charge in [0.05, 0.1) is 24.0 Å². The van der Waals surface area contributed by atoms with E-state index in [0.29, 0.717) is 19.4 Å². The number of hydrogen-bond acceptors (Lipinski definition) is 3. The van der Waals surface area contributed by atoms with E-state index in [4.69, 9.17) is 4.74 Å². The van der Waals surface area contributed by atoms with Crippen LogP contribution in [0.15, 0.2) is 0 Å². The molecule has 5 nitrogen and oxygen atoms in total. The molecular formula is C13H20O5. The number of epoxide rings is 1. The molecule has 0 bridgehead atoms. The number of ether oxygens (including phenoxy) is 1. The van der Waals surface area contributed by atoms with Crippen LogP contribution in [0, 0.1) is 23.2 Å². The molecule has 0 spiro atoms. The highest BCUT2D eigenvalue weighted by molar-refractivity contribution is 5.84. The Balaban J connectivity index is 2.38. The quantitative estimate of drug-likeness (QED) is 0.746. The van der Waals surface area contributed by atoms with Gasteiger partial charge in [0.15, 0.2) is 0 Å². The summed E-state index contributed by atoms with van der Waals surface area (Å²) in [5.41, 5.74) is -1.18. The fourth-order valence-electron chi connectivity index (χ4n) is 3.43. The Morgan fingerprint density at radius 3 is 2.33 bits per heavy atom. The first kappa shape index (κ1) is 13.3. The predicted molar refractivity (Wildman–Crippen MR) is 63.1 cm³/mol. The molecule has 1 saturated carbocycles. The second kappa shape index (κ2) is 4.53. The molecule has 1 saturated heterocycles. The first-order valence-electron chi connectivity index (χ1n) is 6.47. The largest absolute Gasteiger partial charge is 0.481 e. The molecule has 1 aliphatic carbocycles. The van der Waals surface area contributed by atoms with Gasteiger partial charge >= 0.3 is 11.9 Å². The van der Waals surface area contributed by atoms with Gasteiger partial charge in [-0.2, -0.15) is 0 Å². The van der Waals surface area contributed by atoms with E-state index in [2.05, 4.69) is 0 Å². The van der Waals surface area contributed by atoms with Crippen LogP contribution in [-0.4, -0.2) is 34.9 Å². The monoisotopic (exact) mass is 256 g/mol. The molecule has 0 aromatic heterocycles. The van der Waals surface area contributed by atoms with Crippen molar-refractivity contribution in [3.05, 3.63) is 0 Å². The van der Waals surface area contributed by atoms with Crippen molar-refractivity contribution in [2.24, 2.45) is 23.2 Å². The lowest BCUT2D eigenvalue weighted by Gasteiger charge is -2.46. The van der Waals surface area contributed by atoms with E-state index in [9.17, 15) is 19.8 Å². The maximum absolute atomic E-state index is 11.8. The van der Waals surface area contributed by atoms with Gasteiger partial charge in [-0.3, -0.25) is 9.59 Å². The van der Waals surface area contributed by atoms with Crippen molar-refractivity contribution in [3.8, 4) is 0 Å². The first-order valence-corrected chi connectivity index (χ1v) is 6.47. The van der Waals surface area contributed by atoms with Gasteiger partial charge in [-0.1, -0.05) is 13.8 Å². The van der Waals surface area contributed by atoms with Crippen LogP contribution in [0.1, 0.15) is 33.1 Å². The molecule has 2 aliphatic rings. The molecule has 2 fully saturated rings. The molecule has 1 aliphatic heterocycles. The van der Waals surface area contributed by atoms with Crippen molar-refractivity contribution < 1.29 is 24.5 Å². The average Bonchev–Trinajstić information content (AvgIpc) is 3.08. The van der Waals surface area contributed by atoms with Gasteiger partial charge in [-0.15, -0.1) is 0 Å². The SMILES string of the molecule is CC1CCC(C(=O)O)C(CC2CO2)(C(=O)O)C1C. The average molecular weight is 256 g/mol. The minimum absolute atomic E-state index is 0.0734. The van der Waals surface area contributed by atoms with Crippen LogP contribution in [-0.2, 0) is 14.3 Å². The Kier molecular flexibility index (Phi) is 3.36. The molecule has 5 heteroatoms. The Morgan fingerprint density at radius 1 is 1.28 bits per heavy atom. The van der Waals surface area contributed by atoms with Crippen molar-refractivity contribution >= 4 is 11.9 Å². The molecule has 1 heterocycles. The molecule has 5 unspecified atom stereocenters. The van der Waals surface area contributed by atoms with E-state index in [0.717, 1.165) is 6.42 Å². The fourth-order valence-corrected chi connectivity index (χ4v) is 3.43. The molecule has 2 rings (SSSR count). The highest BCUT2D eigenvalue weighted by Gasteiger charge is 2.58. The third-order valence-corrected chi connectivity index (χ3v) is 4.86. The van der Waals surface area contributed by atoms with Crippen molar-refractivity contribution in [1.82, 2.24) is 0 Å². The summed E-state index contributed by atoms with van der Waals surface area (Å²) in [7, 11) is 0. The van der Waals surface area contributed by atoms with E-state index < -0.39 is 23.3 Å². The van der Waals surface area contributed by atoms with Crippen LogP contribution in [0.25, 0.3) is 0 Å². The zero-order chi connectivity index (χ0) is 13.5. The van der Waals surface area contributed by atoms with E-state index in [-0.39, 0.29) is 17.9 Å². The van der Waals surface area contributed by atoms with E-state index >= 15 is 0 Å². The van der Waals surface area contributed by atoms with Gasteiger partial charge in [0.2, 0.25) is 0 Å². The predicted octanol–water partition coefficient (Wildman–Crippen LogP) is 1.61. The highest BCUT2D eigenvalue weighted by Crippen LogP contribution is 2.52. The van der Waals surface area contributed by atoms with Crippen LogP contribution in [0.5, 0.6) is 0 Å². The third-order valence-electron chi connectivity index (χ3n) is 4.86. The van der Waals surface area contributed by atoms with Crippen molar-refractivity contribution in [2.45, 2.75) is 39.2 Å². The summed E-state index contributed by atoms with van der Waals surface area (Å²) in [5, 5.41) is 19.0. The minimum atomic E-state index is -1.18. The topological polar surface area (TPSA) is 87.1 Å². The van der Waals surface area contributed by atoms with Gasteiger partial charge in [-0.25, -0.2) is 0 Å². The van der Waals surface area contributed by atoms with Gasteiger partial charge in [0.25, 0.3) is 0 Å². The summed E-state index contributed by atoms with van der Waals surface area (Å²) >= 11 is 0. The summed E-state index contributed by atoms with van der Waals surface area (Å²) in [6.45, 7) is 4.44. The number of rotatable bonds is 4. The second-order valence-corrected chi connectivity index (χ2v) is 5.74. The number of aliphatic carboxylic acids is 2. The van der Waals surface area contributed by atoms with Crippen molar-refractivity contribution in [1.29, 1.82) is 0 Å². The molecular weight excluding hydrogens is 236 g/mol. The summed E-state index contributed by atoms with van der Waals surface area (Å²) in [6, 6.07) is 0. The molecule has 2 N–H and O–H groups in total. The Bertz CT molecular complexity index is 362. The molecule has 18 heavy (non-hydrogen) atoms. The normalized spacial score (nSPS) is 43.4.